The molecule has 2 heterocycles. The number of nitrogens with zero attached hydrogens (tertiary/aromatic N) is 3. The summed E-state index contributed by atoms with van der Waals surface area (Å²) >= 11 is 0. The van der Waals surface area contributed by atoms with Crippen molar-refractivity contribution in [2.45, 2.75) is 13.3 Å². The van der Waals surface area contributed by atoms with Crippen molar-refractivity contribution in [3.05, 3.63) is 48.7 Å². The van der Waals surface area contributed by atoms with Crippen LogP contribution in [0.1, 0.15) is 13.3 Å². The van der Waals surface area contributed by atoms with Crippen molar-refractivity contribution in [1.29, 1.82) is 5.26 Å². The van der Waals surface area contributed by atoms with Crippen molar-refractivity contribution in [3.63, 3.8) is 0 Å². The summed E-state index contributed by atoms with van der Waals surface area (Å²) in [5.41, 5.74) is 3.31. The van der Waals surface area contributed by atoms with E-state index in [4.69, 9.17) is 10.00 Å². The number of ether oxygens (including phenoxy) is 1. The van der Waals surface area contributed by atoms with Gasteiger partial charge in [0.2, 0.25) is 5.91 Å². The molecule has 3 aromatic rings. The smallest absolute Gasteiger partial charge is 0.228 e. The number of benzene rings is 2. The molecule has 1 amide bonds. The fourth-order valence-electron chi connectivity index (χ4n) is 4.17. The van der Waals surface area contributed by atoms with E-state index in [1.807, 2.05) is 50.4 Å². The van der Waals surface area contributed by atoms with Crippen LogP contribution >= 0.6 is 0 Å². The van der Waals surface area contributed by atoms with E-state index in [0.29, 0.717) is 6.54 Å². The summed E-state index contributed by atoms with van der Waals surface area (Å²) in [6, 6.07) is 16.1. The Morgan fingerprint density at radius 3 is 2.85 bits per heavy atom. The Kier molecular flexibility index (Phi) is 6.76. The highest BCUT2D eigenvalue weighted by Crippen LogP contribution is 2.36. The molecule has 2 unspecified atom stereocenters. The summed E-state index contributed by atoms with van der Waals surface area (Å²) in [5.74, 6) is 0.664. The topological polar surface area (TPSA) is 90.3 Å². The number of hydrogen-bond acceptors (Lipinski definition) is 6. The Bertz CT molecular complexity index is 1200. The number of methoxy groups -OCH3 is 1. The number of nitriles is 1. The number of nitrogens with one attached hydrogen (secondary N) is 2. The Morgan fingerprint density at radius 1 is 1.30 bits per heavy atom. The number of likely N-dealkylation sites (tertiary alicyclic amines) is 1. The number of anilines is 2. The van der Waals surface area contributed by atoms with Gasteiger partial charge in [-0.1, -0.05) is 18.2 Å². The largest absolute Gasteiger partial charge is 0.495 e. The monoisotopic (exact) mass is 443 g/mol. The summed E-state index contributed by atoms with van der Waals surface area (Å²) in [6.07, 6.45) is 2.60. The molecule has 1 aliphatic heterocycles. The number of aromatic nitrogens is 1. The second-order valence-electron chi connectivity index (χ2n) is 8.66. The predicted octanol–water partition coefficient (Wildman–Crippen LogP) is 4.37. The van der Waals surface area contributed by atoms with Crippen LogP contribution in [0, 0.1) is 23.2 Å². The minimum atomic E-state index is -0.130. The quantitative estimate of drug-likeness (QED) is 0.563. The lowest BCUT2D eigenvalue weighted by molar-refractivity contribution is -0.119. The van der Waals surface area contributed by atoms with Crippen LogP contribution in [-0.2, 0) is 4.79 Å². The number of fused-ring (bicyclic) bond motifs is 1. The molecule has 7 nitrogen and oxygen atoms in total. The fraction of sp³-hybridized carbons (Fsp3) is 0.346. The van der Waals surface area contributed by atoms with Gasteiger partial charge in [-0.2, -0.15) is 5.26 Å². The molecule has 1 fully saturated rings. The first kappa shape index (κ1) is 22.6. The summed E-state index contributed by atoms with van der Waals surface area (Å²) in [5, 5.41) is 17.6. The zero-order chi connectivity index (χ0) is 23.4. The molecule has 0 radical (unpaired) electrons. The maximum Gasteiger partial charge on any atom is 0.228 e. The van der Waals surface area contributed by atoms with Crippen LogP contribution in [-0.4, -0.2) is 49.6 Å². The first-order valence-corrected chi connectivity index (χ1v) is 11.2. The second kappa shape index (κ2) is 9.88. The number of hydrogen-bond donors (Lipinski definition) is 2. The average Bonchev–Trinajstić information content (AvgIpc) is 3.28. The maximum absolute atomic E-state index is 12.6. The predicted molar refractivity (Wildman–Crippen MR) is 131 cm³/mol. The molecule has 0 aliphatic carbocycles. The summed E-state index contributed by atoms with van der Waals surface area (Å²) < 4.78 is 5.57. The normalized spacial score (nSPS) is 16.8. The highest BCUT2D eigenvalue weighted by atomic mass is 16.5. The molecule has 2 atom stereocenters. The molecule has 170 valence electrons. The maximum atomic E-state index is 12.6. The van der Waals surface area contributed by atoms with Crippen LogP contribution < -0.4 is 15.4 Å². The zero-order valence-electron chi connectivity index (χ0n) is 19.3. The Balaban J connectivity index is 1.63. The van der Waals surface area contributed by atoms with E-state index in [1.54, 1.807) is 13.3 Å². The molecular weight excluding hydrogens is 414 g/mol. The molecule has 0 spiro atoms. The van der Waals surface area contributed by atoms with Gasteiger partial charge in [-0.3, -0.25) is 9.78 Å². The Hall–Kier alpha value is -3.63. The fourth-order valence-corrected chi connectivity index (χ4v) is 4.17. The van der Waals surface area contributed by atoms with Crippen molar-refractivity contribution < 1.29 is 9.53 Å². The number of rotatable bonds is 7. The number of pyridine rings is 1. The van der Waals surface area contributed by atoms with Crippen LogP contribution in [0.2, 0.25) is 0 Å². The lowest BCUT2D eigenvalue weighted by Crippen LogP contribution is -2.25. The number of amides is 1. The van der Waals surface area contributed by atoms with Gasteiger partial charge in [0.25, 0.3) is 0 Å². The standard InChI is InChI=1S/C26H29N5O2/c1-17(14-27)15-29-25-22-12-19(5-4-18(22)6-7-24(25)33-3)23-13-21(8-10-28-23)30-26(32)20-9-11-31(2)16-20/h4-8,10,12-13,17,20,29H,9,11,15-16H2,1-3H3,(H,28,30,32). The van der Waals surface area contributed by atoms with Gasteiger partial charge < -0.3 is 20.3 Å². The molecule has 7 heteroatoms. The molecule has 1 aliphatic rings. The van der Waals surface area contributed by atoms with Crippen molar-refractivity contribution in [1.82, 2.24) is 9.88 Å². The third-order valence-electron chi connectivity index (χ3n) is 6.09. The van der Waals surface area contributed by atoms with E-state index < -0.39 is 0 Å². The van der Waals surface area contributed by atoms with E-state index >= 15 is 0 Å². The van der Waals surface area contributed by atoms with Gasteiger partial charge in [-0.15, -0.1) is 0 Å². The minimum Gasteiger partial charge on any atom is -0.495 e. The van der Waals surface area contributed by atoms with Gasteiger partial charge in [0.05, 0.1) is 36.4 Å². The first-order valence-electron chi connectivity index (χ1n) is 11.2. The molecule has 0 bridgehead atoms. The third kappa shape index (κ3) is 5.07. The molecule has 2 N–H and O–H groups in total. The molecule has 33 heavy (non-hydrogen) atoms. The number of carbonyl (C=O) groups is 1. The molecule has 1 saturated heterocycles. The van der Waals surface area contributed by atoms with Crippen LogP contribution in [0.5, 0.6) is 5.75 Å². The van der Waals surface area contributed by atoms with Crippen LogP contribution in [0.4, 0.5) is 11.4 Å². The van der Waals surface area contributed by atoms with E-state index in [2.05, 4.69) is 32.7 Å². The molecule has 0 saturated carbocycles. The van der Waals surface area contributed by atoms with Gasteiger partial charge >= 0.3 is 0 Å². The highest BCUT2D eigenvalue weighted by molar-refractivity contribution is 5.99. The van der Waals surface area contributed by atoms with Gasteiger partial charge in [0, 0.05) is 35.9 Å². The summed E-state index contributed by atoms with van der Waals surface area (Å²) in [4.78, 5) is 19.4. The average molecular weight is 444 g/mol. The summed E-state index contributed by atoms with van der Waals surface area (Å²) in [7, 11) is 3.68. The lowest BCUT2D eigenvalue weighted by Gasteiger charge is -2.16. The zero-order valence-corrected chi connectivity index (χ0v) is 19.3. The minimum absolute atomic E-state index is 0.0178. The van der Waals surface area contributed by atoms with Crippen molar-refractivity contribution >= 4 is 28.1 Å². The van der Waals surface area contributed by atoms with E-state index in [0.717, 1.165) is 58.7 Å². The van der Waals surface area contributed by atoms with E-state index in [9.17, 15) is 4.79 Å². The Labute approximate surface area is 194 Å². The van der Waals surface area contributed by atoms with Crippen molar-refractivity contribution in [3.8, 4) is 23.1 Å². The molecule has 4 rings (SSSR count). The van der Waals surface area contributed by atoms with Crippen LogP contribution in [0.3, 0.4) is 0 Å². The SMILES string of the molecule is COc1ccc2ccc(-c3cc(NC(=O)C4CCN(C)C4)ccn3)cc2c1NCC(C)C#N. The molecule has 2 aromatic carbocycles. The lowest BCUT2D eigenvalue weighted by atomic mass is 10.0. The summed E-state index contributed by atoms with van der Waals surface area (Å²) in [6.45, 7) is 4.13. The van der Waals surface area contributed by atoms with Crippen molar-refractivity contribution in [2.24, 2.45) is 11.8 Å². The second-order valence-corrected chi connectivity index (χ2v) is 8.66. The third-order valence-corrected chi connectivity index (χ3v) is 6.09. The van der Waals surface area contributed by atoms with Gasteiger partial charge in [-0.05, 0) is 56.6 Å². The first-order chi connectivity index (χ1) is 16.0. The van der Waals surface area contributed by atoms with Gasteiger partial charge in [-0.25, -0.2) is 0 Å². The molecule has 1 aromatic heterocycles. The van der Waals surface area contributed by atoms with Crippen molar-refractivity contribution in [2.75, 3.05) is 44.4 Å². The van der Waals surface area contributed by atoms with Gasteiger partial charge in [0.15, 0.2) is 0 Å². The van der Waals surface area contributed by atoms with E-state index in [1.165, 1.54) is 0 Å². The van der Waals surface area contributed by atoms with Crippen LogP contribution in [0.25, 0.3) is 22.0 Å². The molecular formula is C26H29N5O2. The Morgan fingerprint density at radius 2 is 2.12 bits per heavy atom. The highest BCUT2D eigenvalue weighted by Gasteiger charge is 2.26. The number of carbonyl (C=O) groups excluding carboxylic acids is 1. The van der Waals surface area contributed by atoms with Gasteiger partial charge in [0.1, 0.15) is 5.75 Å². The van der Waals surface area contributed by atoms with E-state index in [-0.39, 0.29) is 17.7 Å². The van der Waals surface area contributed by atoms with Crippen LogP contribution in [0.15, 0.2) is 48.7 Å².